The van der Waals surface area contributed by atoms with Crippen molar-refractivity contribution < 1.29 is 9.90 Å². The number of carbonyl (C=O) groups is 1. The fraction of sp³-hybridized carbons (Fsp3) is 0.632. The van der Waals surface area contributed by atoms with Gasteiger partial charge >= 0.3 is 0 Å². The summed E-state index contributed by atoms with van der Waals surface area (Å²) in [6, 6.07) is 8.67. The zero-order chi connectivity index (χ0) is 16.9. The Kier molecular flexibility index (Phi) is 6.19. The molecule has 1 fully saturated rings. The van der Waals surface area contributed by atoms with Gasteiger partial charge in [0.05, 0.1) is 6.54 Å². The third-order valence-electron chi connectivity index (χ3n) is 4.30. The lowest BCUT2D eigenvalue weighted by Gasteiger charge is -2.22. The summed E-state index contributed by atoms with van der Waals surface area (Å²) in [5.41, 5.74) is 2.24. The molecule has 0 unspecified atom stereocenters. The number of rotatable bonds is 8. The van der Waals surface area contributed by atoms with Crippen LogP contribution < -0.4 is 5.32 Å². The van der Waals surface area contributed by atoms with Gasteiger partial charge < -0.3 is 10.4 Å². The predicted molar refractivity (Wildman–Crippen MR) is 94.7 cm³/mol. The number of nitrogens with zero attached hydrogens (tertiary/aromatic N) is 1. The minimum absolute atomic E-state index is 0.0457. The number of unbranched alkanes of at least 4 members (excludes halogenated alkanes) is 1. The molecule has 23 heavy (non-hydrogen) atoms. The maximum atomic E-state index is 12.3. The van der Waals surface area contributed by atoms with Gasteiger partial charge in [0.15, 0.2) is 0 Å². The molecule has 1 amide bonds. The molecule has 0 aliphatic heterocycles. The lowest BCUT2D eigenvalue weighted by atomic mass is 9.87. The quantitative estimate of drug-likeness (QED) is 0.724. The first-order valence-electron chi connectivity index (χ1n) is 8.65. The van der Waals surface area contributed by atoms with Gasteiger partial charge in [-0.25, -0.2) is 0 Å². The van der Waals surface area contributed by atoms with Crippen LogP contribution in [0.2, 0.25) is 0 Å². The number of aliphatic hydroxyl groups is 1. The highest BCUT2D eigenvalue weighted by molar-refractivity contribution is 5.92. The molecule has 0 radical (unpaired) electrons. The molecule has 1 aromatic rings. The Morgan fingerprint density at radius 3 is 2.39 bits per heavy atom. The molecule has 4 heteroatoms. The fourth-order valence-corrected chi connectivity index (χ4v) is 2.70. The molecule has 1 saturated carbocycles. The molecule has 0 spiro atoms. The molecule has 0 bridgehead atoms. The van der Waals surface area contributed by atoms with Crippen LogP contribution in [0.4, 0.5) is 5.69 Å². The summed E-state index contributed by atoms with van der Waals surface area (Å²) in [5, 5.41) is 11.9. The molecule has 2 N–H and O–H groups in total. The third-order valence-corrected chi connectivity index (χ3v) is 4.30. The van der Waals surface area contributed by atoms with Crippen molar-refractivity contribution in [1.82, 2.24) is 4.90 Å². The Morgan fingerprint density at radius 2 is 1.87 bits per heavy atom. The smallest absolute Gasteiger partial charge is 0.238 e. The van der Waals surface area contributed by atoms with Crippen LogP contribution in [-0.4, -0.2) is 41.7 Å². The summed E-state index contributed by atoms with van der Waals surface area (Å²) < 4.78 is 0. The van der Waals surface area contributed by atoms with Gasteiger partial charge in [-0.2, -0.15) is 0 Å². The van der Waals surface area contributed by atoms with E-state index < -0.39 is 0 Å². The van der Waals surface area contributed by atoms with E-state index in [9.17, 15) is 4.79 Å². The molecule has 4 nitrogen and oxygen atoms in total. The van der Waals surface area contributed by atoms with E-state index in [1.807, 2.05) is 12.1 Å². The highest BCUT2D eigenvalue weighted by atomic mass is 16.2. The molecular weight excluding hydrogens is 288 g/mol. The molecule has 1 aromatic carbocycles. The van der Waals surface area contributed by atoms with E-state index in [-0.39, 0.29) is 17.9 Å². The zero-order valence-electron chi connectivity index (χ0n) is 14.6. The number of aliphatic hydroxyl groups excluding tert-OH is 1. The average molecular weight is 318 g/mol. The van der Waals surface area contributed by atoms with Gasteiger partial charge in [0.2, 0.25) is 5.91 Å². The summed E-state index contributed by atoms with van der Waals surface area (Å²) in [5.74, 6) is 0.0457. The van der Waals surface area contributed by atoms with E-state index in [0.29, 0.717) is 12.6 Å². The van der Waals surface area contributed by atoms with Crippen molar-refractivity contribution in [2.45, 2.75) is 57.9 Å². The van der Waals surface area contributed by atoms with Crippen LogP contribution in [0.3, 0.4) is 0 Å². The Morgan fingerprint density at radius 1 is 1.22 bits per heavy atom. The second-order valence-corrected chi connectivity index (χ2v) is 7.51. The zero-order valence-corrected chi connectivity index (χ0v) is 14.6. The molecular formula is C19H30N2O2. The van der Waals surface area contributed by atoms with Crippen LogP contribution in [0.25, 0.3) is 0 Å². The minimum atomic E-state index is 0.0457. The monoisotopic (exact) mass is 318 g/mol. The standard InChI is InChI=1S/C19H30N2O2/c1-19(2,3)15-6-8-16(9-7-15)20-18(23)14-21(17-10-11-17)12-4-5-13-22/h6-9,17,22H,4-5,10-14H2,1-3H3,(H,20,23). The second kappa shape index (κ2) is 7.93. The SMILES string of the molecule is CC(C)(C)c1ccc(NC(=O)CN(CCCCO)C2CC2)cc1. The lowest BCUT2D eigenvalue weighted by molar-refractivity contribution is -0.117. The van der Waals surface area contributed by atoms with Crippen molar-refractivity contribution in [3.63, 3.8) is 0 Å². The van der Waals surface area contributed by atoms with E-state index in [1.165, 1.54) is 18.4 Å². The Labute approximate surface area is 139 Å². The Balaban J connectivity index is 1.85. The first-order valence-corrected chi connectivity index (χ1v) is 8.65. The minimum Gasteiger partial charge on any atom is -0.396 e. The van der Waals surface area contributed by atoms with Gasteiger partial charge in [0, 0.05) is 18.3 Å². The van der Waals surface area contributed by atoms with Crippen molar-refractivity contribution in [3.8, 4) is 0 Å². The van der Waals surface area contributed by atoms with Crippen LogP contribution in [0.15, 0.2) is 24.3 Å². The van der Waals surface area contributed by atoms with E-state index >= 15 is 0 Å². The molecule has 1 aliphatic carbocycles. The predicted octanol–water partition coefficient (Wildman–Crippen LogP) is 3.16. The summed E-state index contributed by atoms with van der Waals surface area (Å²) >= 11 is 0. The van der Waals surface area contributed by atoms with E-state index in [0.717, 1.165) is 25.1 Å². The van der Waals surface area contributed by atoms with Crippen molar-refractivity contribution in [1.29, 1.82) is 0 Å². The van der Waals surface area contributed by atoms with Crippen molar-refractivity contribution >= 4 is 11.6 Å². The van der Waals surface area contributed by atoms with E-state index in [1.54, 1.807) is 0 Å². The van der Waals surface area contributed by atoms with Gasteiger partial charge in [-0.05, 0) is 55.3 Å². The summed E-state index contributed by atoms with van der Waals surface area (Å²) in [6.45, 7) is 8.10. The highest BCUT2D eigenvalue weighted by Gasteiger charge is 2.29. The van der Waals surface area contributed by atoms with Gasteiger partial charge in [0.1, 0.15) is 0 Å². The van der Waals surface area contributed by atoms with E-state index in [4.69, 9.17) is 5.11 Å². The van der Waals surface area contributed by atoms with Gasteiger partial charge in [-0.1, -0.05) is 32.9 Å². The van der Waals surface area contributed by atoms with Crippen LogP contribution in [0, 0.1) is 0 Å². The number of hydrogen-bond donors (Lipinski definition) is 2. The number of benzene rings is 1. The molecule has 0 aromatic heterocycles. The Hall–Kier alpha value is -1.39. The highest BCUT2D eigenvalue weighted by Crippen LogP contribution is 2.27. The van der Waals surface area contributed by atoms with Gasteiger partial charge in [-0.3, -0.25) is 9.69 Å². The average Bonchev–Trinajstić information content (AvgIpc) is 3.30. The number of amides is 1. The lowest BCUT2D eigenvalue weighted by Crippen LogP contribution is -2.35. The van der Waals surface area contributed by atoms with Crippen LogP contribution in [-0.2, 0) is 10.2 Å². The molecule has 0 heterocycles. The summed E-state index contributed by atoms with van der Waals surface area (Å²) in [4.78, 5) is 14.5. The van der Waals surface area contributed by atoms with Gasteiger partial charge in [-0.15, -0.1) is 0 Å². The number of anilines is 1. The largest absolute Gasteiger partial charge is 0.396 e. The number of nitrogens with one attached hydrogen (secondary N) is 1. The molecule has 1 aliphatic rings. The second-order valence-electron chi connectivity index (χ2n) is 7.51. The molecule has 128 valence electrons. The maximum Gasteiger partial charge on any atom is 0.238 e. The third kappa shape index (κ3) is 5.96. The maximum absolute atomic E-state index is 12.3. The molecule has 0 atom stereocenters. The molecule has 0 saturated heterocycles. The first-order chi connectivity index (χ1) is 10.9. The summed E-state index contributed by atoms with van der Waals surface area (Å²) in [7, 11) is 0. The van der Waals surface area contributed by atoms with Crippen LogP contribution in [0.1, 0.15) is 52.0 Å². The van der Waals surface area contributed by atoms with Crippen molar-refractivity contribution in [2.75, 3.05) is 25.0 Å². The number of carbonyl (C=O) groups excluding carboxylic acids is 1. The topological polar surface area (TPSA) is 52.6 Å². The van der Waals surface area contributed by atoms with Gasteiger partial charge in [0.25, 0.3) is 0 Å². The van der Waals surface area contributed by atoms with Crippen molar-refractivity contribution in [3.05, 3.63) is 29.8 Å². The normalized spacial score (nSPS) is 15.0. The van der Waals surface area contributed by atoms with Crippen LogP contribution >= 0.6 is 0 Å². The Bertz CT molecular complexity index is 501. The fourth-order valence-electron chi connectivity index (χ4n) is 2.70. The first kappa shape index (κ1) is 18.0. The summed E-state index contributed by atoms with van der Waals surface area (Å²) in [6.07, 6.45) is 4.12. The van der Waals surface area contributed by atoms with Crippen LogP contribution in [0.5, 0.6) is 0 Å². The van der Waals surface area contributed by atoms with E-state index in [2.05, 4.69) is 43.1 Å². The number of hydrogen-bond acceptors (Lipinski definition) is 3. The molecule has 2 rings (SSSR count). The van der Waals surface area contributed by atoms with Crippen molar-refractivity contribution in [2.24, 2.45) is 0 Å².